The predicted molar refractivity (Wildman–Crippen MR) is 94.9 cm³/mol. The number of ether oxygens (including phenoxy) is 1. The highest BCUT2D eigenvalue weighted by Gasteiger charge is 2.05. The maximum absolute atomic E-state index is 5.85. The van der Waals surface area contributed by atoms with Crippen LogP contribution in [0.1, 0.15) is 25.0 Å². The zero-order valence-corrected chi connectivity index (χ0v) is 13.7. The molecular formula is C19H21N3O. The van der Waals surface area contributed by atoms with E-state index in [0.29, 0.717) is 18.5 Å². The lowest BCUT2D eigenvalue weighted by Crippen LogP contribution is -2.06. The first-order chi connectivity index (χ1) is 11.1. The molecule has 23 heavy (non-hydrogen) atoms. The van der Waals surface area contributed by atoms with E-state index in [1.807, 2.05) is 48.7 Å². The van der Waals surface area contributed by atoms with Gasteiger partial charge in [0.15, 0.2) is 0 Å². The van der Waals surface area contributed by atoms with Gasteiger partial charge >= 0.3 is 0 Å². The van der Waals surface area contributed by atoms with Gasteiger partial charge < -0.3 is 9.72 Å². The normalized spacial score (nSPS) is 11.7. The van der Waals surface area contributed by atoms with Crippen LogP contribution in [0.3, 0.4) is 0 Å². The molecule has 2 aromatic carbocycles. The molecule has 0 aliphatic heterocycles. The zero-order chi connectivity index (χ0) is 16.2. The van der Waals surface area contributed by atoms with E-state index in [0.717, 1.165) is 27.9 Å². The van der Waals surface area contributed by atoms with Gasteiger partial charge in [-0.1, -0.05) is 38.1 Å². The van der Waals surface area contributed by atoms with Crippen LogP contribution in [-0.2, 0) is 0 Å². The van der Waals surface area contributed by atoms with Crippen molar-refractivity contribution in [2.75, 3.05) is 6.61 Å². The van der Waals surface area contributed by atoms with Gasteiger partial charge in [0.05, 0.1) is 17.6 Å². The van der Waals surface area contributed by atoms with E-state index >= 15 is 0 Å². The Hall–Kier alpha value is -2.62. The molecule has 4 heteroatoms. The van der Waals surface area contributed by atoms with Gasteiger partial charge in [-0.3, -0.25) is 0 Å². The van der Waals surface area contributed by atoms with E-state index in [9.17, 15) is 0 Å². The van der Waals surface area contributed by atoms with Gasteiger partial charge in [0, 0.05) is 6.21 Å². The summed E-state index contributed by atoms with van der Waals surface area (Å²) in [6.45, 7) is 7.05. The Kier molecular flexibility index (Phi) is 4.42. The second kappa shape index (κ2) is 6.65. The van der Waals surface area contributed by atoms with Crippen LogP contribution in [0, 0.1) is 12.8 Å². The Balaban J connectivity index is 1.82. The molecule has 1 aromatic heterocycles. The number of aliphatic imine (C=N–C) groups is 1. The maximum atomic E-state index is 5.85. The first-order valence-corrected chi connectivity index (χ1v) is 7.84. The summed E-state index contributed by atoms with van der Waals surface area (Å²) < 4.78 is 5.85. The van der Waals surface area contributed by atoms with Crippen LogP contribution in [0.2, 0.25) is 0 Å². The largest absolute Gasteiger partial charge is 0.493 e. The van der Waals surface area contributed by atoms with Crippen molar-refractivity contribution in [1.29, 1.82) is 0 Å². The van der Waals surface area contributed by atoms with Gasteiger partial charge in [0.1, 0.15) is 5.75 Å². The van der Waals surface area contributed by atoms with Crippen molar-refractivity contribution < 1.29 is 4.74 Å². The quantitative estimate of drug-likeness (QED) is 0.697. The molecule has 3 aromatic rings. The minimum absolute atomic E-state index is 0.502. The Labute approximate surface area is 136 Å². The molecule has 118 valence electrons. The Bertz CT molecular complexity index is 801. The number of rotatable bonds is 5. The van der Waals surface area contributed by atoms with Crippen molar-refractivity contribution in [2.45, 2.75) is 20.8 Å². The molecule has 0 atom stereocenters. The highest BCUT2D eigenvalue weighted by molar-refractivity contribution is 5.85. The zero-order valence-electron chi connectivity index (χ0n) is 13.7. The molecule has 3 rings (SSSR count). The second-order valence-corrected chi connectivity index (χ2v) is 6.01. The predicted octanol–water partition coefficient (Wildman–Crippen LogP) is 4.66. The molecule has 0 saturated carbocycles. The number of para-hydroxylation sites is 2. The summed E-state index contributed by atoms with van der Waals surface area (Å²) in [6, 6.07) is 13.9. The number of H-pyrrole nitrogens is 1. The fourth-order valence-electron chi connectivity index (χ4n) is 2.32. The SMILES string of the molecule is Cc1c(/C=N/c2nc3ccccc3[nH]2)cccc1OCC(C)C. The molecule has 0 bridgehead atoms. The monoisotopic (exact) mass is 307 g/mol. The Morgan fingerprint density at radius 3 is 2.78 bits per heavy atom. The fourth-order valence-corrected chi connectivity index (χ4v) is 2.32. The van der Waals surface area contributed by atoms with E-state index in [-0.39, 0.29) is 0 Å². The molecular weight excluding hydrogens is 286 g/mol. The molecule has 0 aliphatic rings. The summed E-state index contributed by atoms with van der Waals surface area (Å²) in [7, 11) is 0. The van der Waals surface area contributed by atoms with Gasteiger partial charge in [0.25, 0.3) is 0 Å². The minimum Gasteiger partial charge on any atom is -0.493 e. The molecule has 0 spiro atoms. The van der Waals surface area contributed by atoms with E-state index < -0.39 is 0 Å². The smallest absolute Gasteiger partial charge is 0.227 e. The number of aromatic nitrogens is 2. The number of hydrogen-bond acceptors (Lipinski definition) is 3. The van der Waals surface area contributed by atoms with Crippen molar-refractivity contribution >= 4 is 23.2 Å². The van der Waals surface area contributed by atoms with Crippen LogP contribution in [0.15, 0.2) is 47.5 Å². The average Bonchev–Trinajstić information content (AvgIpc) is 2.95. The van der Waals surface area contributed by atoms with Crippen molar-refractivity contribution in [3.8, 4) is 5.75 Å². The second-order valence-electron chi connectivity index (χ2n) is 6.01. The van der Waals surface area contributed by atoms with Crippen molar-refractivity contribution in [1.82, 2.24) is 9.97 Å². The average molecular weight is 307 g/mol. The summed E-state index contributed by atoms with van der Waals surface area (Å²) >= 11 is 0. The Morgan fingerprint density at radius 1 is 1.17 bits per heavy atom. The number of nitrogens with one attached hydrogen (secondary N) is 1. The van der Waals surface area contributed by atoms with Crippen molar-refractivity contribution in [2.24, 2.45) is 10.9 Å². The van der Waals surface area contributed by atoms with Crippen molar-refractivity contribution in [3.05, 3.63) is 53.6 Å². The lowest BCUT2D eigenvalue weighted by molar-refractivity contribution is 0.269. The van der Waals surface area contributed by atoms with Crippen LogP contribution in [0.4, 0.5) is 5.95 Å². The number of hydrogen-bond donors (Lipinski definition) is 1. The van der Waals surface area contributed by atoms with Crippen molar-refractivity contribution in [3.63, 3.8) is 0 Å². The number of nitrogens with zero attached hydrogens (tertiary/aromatic N) is 2. The molecule has 0 amide bonds. The summed E-state index contributed by atoms with van der Waals surface area (Å²) in [4.78, 5) is 12.1. The molecule has 0 fully saturated rings. The maximum Gasteiger partial charge on any atom is 0.227 e. The van der Waals surface area contributed by atoms with E-state index in [2.05, 4.69) is 35.7 Å². The standard InChI is InChI=1S/C19H21N3O/c1-13(2)12-23-18-10-6-7-15(14(18)3)11-20-19-21-16-8-4-5-9-17(16)22-19/h4-11,13H,12H2,1-3H3,(H,21,22)/b20-11+. The Morgan fingerprint density at radius 2 is 2.00 bits per heavy atom. The van der Waals surface area contributed by atoms with E-state index in [1.165, 1.54) is 0 Å². The van der Waals surface area contributed by atoms with Crippen LogP contribution < -0.4 is 4.74 Å². The number of benzene rings is 2. The van der Waals surface area contributed by atoms with Gasteiger partial charge in [0.2, 0.25) is 5.95 Å². The lowest BCUT2D eigenvalue weighted by Gasteiger charge is -2.12. The first kappa shape index (κ1) is 15.3. The lowest BCUT2D eigenvalue weighted by atomic mass is 10.1. The number of aromatic amines is 1. The number of fused-ring (bicyclic) bond motifs is 1. The van der Waals surface area contributed by atoms with Gasteiger partial charge in [-0.2, -0.15) is 0 Å². The highest BCUT2D eigenvalue weighted by Crippen LogP contribution is 2.22. The third-order valence-electron chi connectivity index (χ3n) is 3.60. The number of imidazole rings is 1. The van der Waals surface area contributed by atoms with Crippen LogP contribution in [0.5, 0.6) is 5.75 Å². The third-order valence-corrected chi connectivity index (χ3v) is 3.60. The highest BCUT2D eigenvalue weighted by atomic mass is 16.5. The van der Waals surface area contributed by atoms with Gasteiger partial charge in [-0.05, 0) is 42.2 Å². The van der Waals surface area contributed by atoms with Gasteiger partial charge in [-0.25, -0.2) is 9.98 Å². The van der Waals surface area contributed by atoms with Gasteiger partial charge in [-0.15, -0.1) is 0 Å². The topological polar surface area (TPSA) is 50.3 Å². The molecule has 1 heterocycles. The molecule has 0 aliphatic carbocycles. The van der Waals surface area contributed by atoms with E-state index in [4.69, 9.17) is 4.74 Å². The molecule has 0 saturated heterocycles. The molecule has 4 nitrogen and oxygen atoms in total. The third kappa shape index (κ3) is 3.59. The summed E-state index contributed by atoms with van der Waals surface area (Å²) in [5, 5.41) is 0. The molecule has 1 N–H and O–H groups in total. The molecule has 0 unspecified atom stereocenters. The summed E-state index contributed by atoms with van der Waals surface area (Å²) in [5.74, 6) is 2.02. The minimum atomic E-state index is 0.502. The summed E-state index contributed by atoms with van der Waals surface area (Å²) in [5.41, 5.74) is 4.04. The summed E-state index contributed by atoms with van der Waals surface area (Å²) in [6.07, 6.45) is 1.83. The van der Waals surface area contributed by atoms with E-state index in [1.54, 1.807) is 0 Å². The fraction of sp³-hybridized carbons (Fsp3) is 0.263. The molecule has 0 radical (unpaired) electrons. The van der Waals surface area contributed by atoms with Crippen LogP contribution in [-0.4, -0.2) is 22.8 Å². The first-order valence-electron chi connectivity index (χ1n) is 7.84. The van der Waals surface area contributed by atoms with Crippen LogP contribution in [0.25, 0.3) is 11.0 Å². The van der Waals surface area contributed by atoms with Crippen LogP contribution >= 0.6 is 0 Å².